The van der Waals surface area contributed by atoms with Crippen LogP contribution in [0.2, 0.25) is 0 Å². The highest BCUT2D eigenvalue weighted by Crippen LogP contribution is 2.24. The molecular formula is C14H9Br2FN2O2. The molecule has 4 nitrogen and oxygen atoms in total. The highest BCUT2D eigenvalue weighted by molar-refractivity contribution is 9.11. The number of nitrogens with two attached hydrogens (primary N) is 1. The highest BCUT2D eigenvalue weighted by Gasteiger charge is 2.14. The Hall–Kier alpha value is -1.73. The third kappa shape index (κ3) is 3.68. The molecule has 0 unspecified atom stereocenters. The fourth-order valence-electron chi connectivity index (χ4n) is 1.64. The van der Waals surface area contributed by atoms with Crippen molar-refractivity contribution in [1.29, 1.82) is 0 Å². The van der Waals surface area contributed by atoms with Crippen molar-refractivity contribution < 1.29 is 14.0 Å². The summed E-state index contributed by atoms with van der Waals surface area (Å²) < 4.78 is 15.0. The minimum absolute atomic E-state index is 0.105. The van der Waals surface area contributed by atoms with Gasteiger partial charge >= 0.3 is 0 Å². The largest absolute Gasteiger partial charge is 0.366 e. The zero-order valence-corrected chi connectivity index (χ0v) is 13.7. The summed E-state index contributed by atoms with van der Waals surface area (Å²) in [6.45, 7) is 0. The number of primary amides is 1. The van der Waals surface area contributed by atoms with Crippen molar-refractivity contribution in [2.75, 3.05) is 5.32 Å². The first kappa shape index (κ1) is 15.7. The Labute approximate surface area is 136 Å². The lowest BCUT2D eigenvalue weighted by atomic mass is 10.1. The number of carbonyl (C=O) groups is 2. The molecule has 2 rings (SSSR count). The van der Waals surface area contributed by atoms with Crippen LogP contribution in [0.25, 0.3) is 0 Å². The Morgan fingerprint density at radius 3 is 2.43 bits per heavy atom. The average Bonchev–Trinajstić information content (AvgIpc) is 2.40. The Bertz CT molecular complexity index is 735. The molecule has 2 amide bonds. The predicted molar refractivity (Wildman–Crippen MR) is 84.7 cm³/mol. The molecule has 0 saturated heterocycles. The molecule has 2 aromatic carbocycles. The molecule has 0 heterocycles. The molecule has 21 heavy (non-hydrogen) atoms. The number of halogens is 3. The maximum atomic E-state index is 13.7. The van der Waals surface area contributed by atoms with E-state index >= 15 is 0 Å². The van der Waals surface area contributed by atoms with Gasteiger partial charge in [-0.2, -0.15) is 0 Å². The summed E-state index contributed by atoms with van der Waals surface area (Å²) in [5, 5.41) is 2.42. The van der Waals surface area contributed by atoms with E-state index in [2.05, 4.69) is 37.2 Å². The molecule has 0 atom stereocenters. The SMILES string of the molecule is NC(=O)c1ccc(F)c(NC(=O)c2ccc(Br)cc2Br)c1. The molecule has 0 bridgehead atoms. The van der Waals surface area contributed by atoms with Gasteiger partial charge in [-0.25, -0.2) is 4.39 Å². The van der Waals surface area contributed by atoms with E-state index < -0.39 is 17.6 Å². The van der Waals surface area contributed by atoms with Gasteiger partial charge in [0.05, 0.1) is 11.3 Å². The molecule has 7 heteroatoms. The van der Waals surface area contributed by atoms with Crippen LogP contribution in [-0.4, -0.2) is 11.8 Å². The zero-order valence-electron chi connectivity index (χ0n) is 10.5. The van der Waals surface area contributed by atoms with Gasteiger partial charge in [-0.05, 0) is 52.3 Å². The monoisotopic (exact) mass is 414 g/mol. The zero-order chi connectivity index (χ0) is 15.6. The van der Waals surface area contributed by atoms with Gasteiger partial charge < -0.3 is 11.1 Å². The van der Waals surface area contributed by atoms with Crippen molar-refractivity contribution in [3.63, 3.8) is 0 Å². The van der Waals surface area contributed by atoms with Crippen LogP contribution in [-0.2, 0) is 0 Å². The molecule has 0 fully saturated rings. The van der Waals surface area contributed by atoms with Crippen molar-refractivity contribution in [2.45, 2.75) is 0 Å². The van der Waals surface area contributed by atoms with E-state index in [9.17, 15) is 14.0 Å². The number of amides is 2. The van der Waals surface area contributed by atoms with Crippen LogP contribution in [0.5, 0.6) is 0 Å². The van der Waals surface area contributed by atoms with Gasteiger partial charge in [0.1, 0.15) is 5.82 Å². The minimum Gasteiger partial charge on any atom is -0.366 e. The molecule has 0 aliphatic carbocycles. The second-order valence-electron chi connectivity index (χ2n) is 4.14. The van der Waals surface area contributed by atoms with Crippen molar-refractivity contribution in [1.82, 2.24) is 0 Å². The van der Waals surface area contributed by atoms with Gasteiger partial charge in [-0.1, -0.05) is 15.9 Å². The summed E-state index contributed by atoms with van der Waals surface area (Å²) in [5.74, 6) is -1.85. The van der Waals surface area contributed by atoms with Crippen LogP contribution in [0.15, 0.2) is 45.3 Å². The number of carbonyl (C=O) groups excluding carboxylic acids is 2. The predicted octanol–water partition coefficient (Wildman–Crippen LogP) is 3.70. The summed E-state index contributed by atoms with van der Waals surface area (Å²) in [6, 6.07) is 8.50. The first-order valence-corrected chi connectivity index (χ1v) is 7.33. The lowest BCUT2D eigenvalue weighted by molar-refractivity contribution is 0.0996. The van der Waals surface area contributed by atoms with Crippen molar-refractivity contribution >= 4 is 49.4 Å². The molecule has 0 aliphatic heterocycles. The third-order valence-electron chi connectivity index (χ3n) is 2.67. The maximum absolute atomic E-state index is 13.7. The Kier molecular flexibility index (Phi) is 4.74. The summed E-state index contributed by atoms with van der Waals surface area (Å²) >= 11 is 6.53. The first-order valence-electron chi connectivity index (χ1n) is 5.74. The van der Waals surface area contributed by atoms with E-state index in [1.807, 2.05) is 0 Å². The van der Waals surface area contributed by atoms with Crippen LogP contribution in [0.3, 0.4) is 0 Å². The van der Waals surface area contributed by atoms with Crippen molar-refractivity contribution in [3.05, 3.63) is 62.3 Å². The molecule has 3 N–H and O–H groups in total. The molecule has 0 aliphatic rings. The Balaban J connectivity index is 2.31. The lowest BCUT2D eigenvalue weighted by Gasteiger charge is -2.09. The maximum Gasteiger partial charge on any atom is 0.256 e. The van der Waals surface area contributed by atoms with Gasteiger partial charge in [-0.15, -0.1) is 0 Å². The molecule has 0 spiro atoms. The van der Waals surface area contributed by atoms with E-state index in [4.69, 9.17) is 5.73 Å². The smallest absolute Gasteiger partial charge is 0.256 e. The summed E-state index contributed by atoms with van der Waals surface area (Å²) in [4.78, 5) is 23.2. The topological polar surface area (TPSA) is 72.2 Å². The van der Waals surface area contributed by atoms with Crippen LogP contribution in [0.1, 0.15) is 20.7 Å². The second kappa shape index (κ2) is 6.36. The van der Waals surface area contributed by atoms with Crippen molar-refractivity contribution in [3.8, 4) is 0 Å². The van der Waals surface area contributed by atoms with Crippen LogP contribution < -0.4 is 11.1 Å². The number of benzene rings is 2. The molecule has 0 radical (unpaired) electrons. The number of hydrogen-bond donors (Lipinski definition) is 2. The number of hydrogen-bond acceptors (Lipinski definition) is 2. The van der Waals surface area contributed by atoms with Crippen LogP contribution >= 0.6 is 31.9 Å². The lowest BCUT2D eigenvalue weighted by Crippen LogP contribution is -2.16. The summed E-state index contributed by atoms with van der Waals surface area (Å²) in [5.41, 5.74) is 5.47. The van der Waals surface area contributed by atoms with E-state index in [0.717, 1.165) is 10.5 Å². The van der Waals surface area contributed by atoms with Crippen LogP contribution in [0.4, 0.5) is 10.1 Å². The average molecular weight is 416 g/mol. The van der Waals surface area contributed by atoms with E-state index in [1.54, 1.807) is 18.2 Å². The molecular weight excluding hydrogens is 407 g/mol. The highest BCUT2D eigenvalue weighted by atomic mass is 79.9. The standard InChI is InChI=1S/C14H9Br2FN2O2/c15-8-2-3-9(10(16)6-8)14(21)19-12-5-7(13(18)20)1-4-11(12)17/h1-6H,(H2,18,20)(H,19,21). The number of nitrogens with one attached hydrogen (secondary N) is 1. The fourth-order valence-corrected chi connectivity index (χ4v) is 2.86. The molecule has 2 aromatic rings. The molecule has 108 valence electrons. The van der Waals surface area contributed by atoms with Gasteiger partial charge in [0.15, 0.2) is 0 Å². The number of rotatable bonds is 3. The van der Waals surface area contributed by atoms with E-state index in [1.165, 1.54) is 12.1 Å². The summed E-state index contributed by atoms with van der Waals surface area (Å²) in [6.07, 6.45) is 0. The van der Waals surface area contributed by atoms with Crippen LogP contribution in [0, 0.1) is 5.82 Å². The number of anilines is 1. The fraction of sp³-hybridized carbons (Fsp3) is 0. The molecule has 0 saturated carbocycles. The molecule has 0 aromatic heterocycles. The van der Waals surface area contributed by atoms with Gasteiger partial charge in [0.2, 0.25) is 5.91 Å². The van der Waals surface area contributed by atoms with E-state index in [-0.39, 0.29) is 11.3 Å². The first-order chi connectivity index (χ1) is 9.88. The quantitative estimate of drug-likeness (QED) is 0.802. The van der Waals surface area contributed by atoms with E-state index in [0.29, 0.717) is 10.0 Å². The normalized spacial score (nSPS) is 10.2. The second-order valence-corrected chi connectivity index (χ2v) is 5.91. The third-order valence-corrected chi connectivity index (χ3v) is 3.82. The summed E-state index contributed by atoms with van der Waals surface area (Å²) in [7, 11) is 0. The Morgan fingerprint density at radius 1 is 1.10 bits per heavy atom. The Morgan fingerprint density at radius 2 is 1.81 bits per heavy atom. The minimum atomic E-state index is -0.699. The van der Waals surface area contributed by atoms with Gasteiger partial charge in [-0.3, -0.25) is 9.59 Å². The van der Waals surface area contributed by atoms with Gasteiger partial charge in [0.25, 0.3) is 5.91 Å². The van der Waals surface area contributed by atoms with Gasteiger partial charge in [0, 0.05) is 14.5 Å². The van der Waals surface area contributed by atoms with Crippen molar-refractivity contribution in [2.24, 2.45) is 5.73 Å².